The maximum Gasteiger partial charge on any atom is 0.323 e. The molecule has 4 rings (SSSR count). The second kappa shape index (κ2) is 11.8. The Morgan fingerprint density at radius 1 is 1.00 bits per heavy atom. The average molecular weight is 471 g/mol. The zero-order valence-electron chi connectivity index (χ0n) is 20.6. The average Bonchev–Trinajstić information content (AvgIpc) is 3.00. The summed E-state index contributed by atoms with van der Waals surface area (Å²) in [7, 11) is 0. The lowest BCUT2D eigenvalue weighted by atomic mass is 10.0. The van der Waals surface area contributed by atoms with Gasteiger partial charge in [-0.05, 0) is 62.3 Å². The second-order valence-corrected chi connectivity index (χ2v) is 9.13. The zero-order valence-corrected chi connectivity index (χ0v) is 20.6. The van der Waals surface area contributed by atoms with Crippen LogP contribution in [0.15, 0.2) is 78.9 Å². The van der Waals surface area contributed by atoms with Crippen LogP contribution in [-0.2, 0) is 33.7 Å². The smallest absolute Gasteiger partial charge is 0.323 e. The first-order valence-corrected chi connectivity index (χ1v) is 12.5. The van der Waals surface area contributed by atoms with Gasteiger partial charge in [0.1, 0.15) is 6.04 Å². The Morgan fingerprint density at radius 2 is 1.71 bits per heavy atom. The summed E-state index contributed by atoms with van der Waals surface area (Å²) in [6.45, 7) is 4.67. The summed E-state index contributed by atoms with van der Waals surface area (Å²) in [5.74, 6) is -0.312. The quantitative estimate of drug-likeness (QED) is 0.447. The van der Waals surface area contributed by atoms with Crippen LogP contribution in [0.2, 0.25) is 0 Å². The Bertz CT molecular complexity index is 1130. The van der Waals surface area contributed by atoms with E-state index in [-0.39, 0.29) is 11.9 Å². The van der Waals surface area contributed by atoms with Gasteiger partial charge in [-0.15, -0.1) is 0 Å². The summed E-state index contributed by atoms with van der Waals surface area (Å²) in [6.07, 6.45) is 2.68. The molecule has 3 aromatic carbocycles. The number of hydrogen-bond donors (Lipinski definition) is 1. The molecule has 0 fully saturated rings. The molecule has 0 saturated carbocycles. The monoisotopic (exact) mass is 470 g/mol. The minimum Gasteiger partial charge on any atom is -0.465 e. The highest BCUT2D eigenvalue weighted by atomic mass is 16.5. The van der Waals surface area contributed by atoms with E-state index < -0.39 is 12.1 Å². The predicted octanol–water partition coefficient (Wildman–Crippen LogP) is 5.00. The van der Waals surface area contributed by atoms with Gasteiger partial charge in [0, 0.05) is 5.69 Å². The van der Waals surface area contributed by atoms with Crippen LogP contribution in [0, 0.1) is 6.92 Å². The molecule has 35 heavy (non-hydrogen) atoms. The maximum absolute atomic E-state index is 13.9. The Kier molecular flexibility index (Phi) is 8.32. The molecule has 5 nitrogen and oxygen atoms in total. The molecule has 2 atom stereocenters. The van der Waals surface area contributed by atoms with Crippen LogP contribution in [-0.4, -0.2) is 30.6 Å². The lowest BCUT2D eigenvalue weighted by Gasteiger charge is -2.28. The number of rotatable bonds is 9. The molecule has 1 heterocycles. The van der Waals surface area contributed by atoms with Crippen molar-refractivity contribution in [3.05, 3.63) is 101 Å². The van der Waals surface area contributed by atoms with Gasteiger partial charge in [0.15, 0.2) is 0 Å². The Hall–Kier alpha value is -3.44. The number of nitrogens with one attached hydrogen (secondary N) is 1. The van der Waals surface area contributed by atoms with E-state index >= 15 is 0 Å². The number of carbonyl (C=O) groups is 2. The fourth-order valence-electron chi connectivity index (χ4n) is 4.62. The van der Waals surface area contributed by atoms with Crippen molar-refractivity contribution in [2.24, 2.45) is 0 Å². The van der Waals surface area contributed by atoms with Crippen molar-refractivity contribution >= 4 is 17.6 Å². The summed E-state index contributed by atoms with van der Waals surface area (Å²) in [5.41, 5.74) is 5.51. The van der Waals surface area contributed by atoms with Crippen molar-refractivity contribution in [2.45, 2.75) is 58.2 Å². The van der Waals surface area contributed by atoms with E-state index in [2.05, 4.69) is 54.7 Å². The Labute approximate surface area is 208 Å². The van der Waals surface area contributed by atoms with Crippen LogP contribution >= 0.6 is 0 Å². The van der Waals surface area contributed by atoms with Gasteiger partial charge < -0.3 is 9.64 Å². The lowest BCUT2D eigenvalue weighted by Crippen LogP contribution is -2.52. The van der Waals surface area contributed by atoms with Crippen LogP contribution in [0.5, 0.6) is 0 Å². The molecule has 1 aliphatic heterocycles. The third kappa shape index (κ3) is 6.37. The summed E-state index contributed by atoms with van der Waals surface area (Å²) in [4.78, 5) is 28.6. The van der Waals surface area contributed by atoms with Crippen molar-refractivity contribution in [1.29, 1.82) is 0 Å². The highest BCUT2D eigenvalue weighted by molar-refractivity contribution is 5.99. The number of para-hydroxylation sites is 1. The van der Waals surface area contributed by atoms with E-state index in [1.807, 2.05) is 48.2 Å². The first-order valence-electron chi connectivity index (χ1n) is 12.5. The van der Waals surface area contributed by atoms with Gasteiger partial charge in [0.05, 0.1) is 19.2 Å². The van der Waals surface area contributed by atoms with Gasteiger partial charge in [-0.3, -0.25) is 14.9 Å². The molecule has 0 aliphatic carbocycles. The minimum absolute atomic E-state index is 0.00969. The Morgan fingerprint density at radius 3 is 2.46 bits per heavy atom. The number of benzene rings is 3. The minimum atomic E-state index is -0.549. The molecule has 1 aliphatic rings. The number of nitrogens with zero attached hydrogens (tertiary/aromatic N) is 1. The highest BCUT2D eigenvalue weighted by Crippen LogP contribution is 2.29. The number of fused-ring (bicyclic) bond motifs is 1. The molecule has 0 spiro atoms. The number of carbonyl (C=O) groups excluding carboxylic acids is 2. The summed E-state index contributed by atoms with van der Waals surface area (Å²) in [6, 6.07) is 25.4. The summed E-state index contributed by atoms with van der Waals surface area (Å²) < 4.78 is 5.37. The number of hydrogen-bond acceptors (Lipinski definition) is 4. The largest absolute Gasteiger partial charge is 0.465 e. The molecule has 0 bridgehead atoms. The fraction of sp³-hybridized carbons (Fsp3) is 0.333. The summed E-state index contributed by atoms with van der Waals surface area (Å²) in [5, 5.41) is 3.39. The van der Waals surface area contributed by atoms with E-state index in [9.17, 15) is 9.59 Å². The molecule has 1 N–H and O–H groups in total. The number of aryl methyl sites for hydroxylation is 3. The van der Waals surface area contributed by atoms with E-state index in [0.717, 1.165) is 35.2 Å². The molecular weight excluding hydrogens is 436 g/mol. The van der Waals surface area contributed by atoms with Crippen LogP contribution in [0.1, 0.15) is 42.0 Å². The van der Waals surface area contributed by atoms with Crippen LogP contribution in [0.4, 0.5) is 5.69 Å². The SMILES string of the molecule is CCOC(=O)[C@H](CCc1ccccc1)N[C@@H]1CCc2ccccc2N(Cc2ccc(C)cc2)C1=O. The zero-order chi connectivity index (χ0) is 24.6. The molecule has 0 unspecified atom stereocenters. The van der Waals surface area contributed by atoms with Crippen molar-refractivity contribution in [2.75, 3.05) is 11.5 Å². The lowest BCUT2D eigenvalue weighted by molar-refractivity contribution is -0.146. The molecular formula is C30H34N2O3. The first kappa shape index (κ1) is 24.7. The molecule has 0 saturated heterocycles. The first-order chi connectivity index (χ1) is 17.0. The van der Waals surface area contributed by atoms with E-state index in [1.165, 1.54) is 5.56 Å². The van der Waals surface area contributed by atoms with Crippen LogP contribution < -0.4 is 10.2 Å². The van der Waals surface area contributed by atoms with Gasteiger partial charge >= 0.3 is 5.97 Å². The van der Waals surface area contributed by atoms with Gasteiger partial charge in [0.2, 0.25) is 5.91 Å². The molecule has 5 heteroatoms. The topological polar surface area (TPSA) is 58.6 Å². The fourth-order valence-corrected chi connectivity index (χ4v) is 4.62. The highest BCUT2D eigenvalue weighted by Gasteiger charge is 2.33. The molecule has 3 aromatic rings. The normalized spacial score (nSPS) is 16.3. The third-order valence-corrected chi connectivity index (χ3v) is 6.55. The summed E-state index contributed by atoms with van der Waals surface area (Å²) >= 11 is 0. The molecule has 1 amide bonds. The molecule has 0 radical (unpaired) electrons. The number of ether oxygens (including phenoxy) is 1. The van der Waals surface area contributed by atoms with Gasteiger partial charge in [-0.1, -0.05) is 78.4 Å². The second-order valence-electron chi connectivity index (χ2n) is 9.13. The van der Waals surface area contributed by atoms with E-state index in [0.29, 0.717) is 26.0 Å². The van der Waals surface area contributed by atoms with E-state index in [1.54, 1.807) is 0 Å². The molecule has 0 aromatic heterocycles. The number of amides is 1. The Balaban J connectivity index is 1.56. The van der Waals surface area contributed by atoms with Gasteiger partial charge in [0.25, 0.3) is 0 Å². The van der Waals surface area contributed by atoms with Crippen molar-refractivity contribution < 1.29 is 14.3 Å². The standard InChI is InChI=1S/C30H34N2O3/c1-3-35-30(34)27(19-17-23-9-5-4-6-10-23)31-26-20-18-25-11-7-8-12-28(25)32(29(26)33)21-24-15-13-22(2)14-16-24/h4-16,26-27,31H,3,17-21H2,1-2H3/t26-,27+/m1/s1. The predicted molar refractivity (Wildman–Crippen MR) is 139 cm³/mol. The molecule has 182 valence electrons. The van der Waals surface area contributed by atoms with Crippen LogP contribution in [0.25, 0.3) is 0 Å². The van der Waals surface area contributed by atoms with E-state index in [4.69, 9.17) is 4.74 Å². The van der Waals surface area contributed by atoms with Crippen molar-refractivity contribution in [1.82, 2.24) is 5.32 Å². The third-order valence-electron chi connectivity index (χ3n) is 6.55. The van der Waals surface area contributed by atoms with Crippen molar-refractivity contribution in [3.63, 3.8) is 0 Å². The van der Waals surface area contributed by atoms with Crippen LogP contribution in [0.3, 0.4) is 0 Å². The number of esters is 1. The van der Waals surface area contributed by atoms with Gasteiger partial charge in [-0.2, -0.15) is 0 Å². The maximum atomic E-state index is 13.9. The number of anilines is 1. The van der Waals surface area contributed by atoms with Gasteiger partial charge in [-0.25, -0.2) is 0 Å². The van der Waals surface area contributed by atoms with Crippen molar-refractivity contribution in [3.8, 4) is 0 Å².